The molecule has 112 valence electrons. The minimum absolute atomic E-state index is 0.0995. The highest BCUT2D eigenvalue weighted by atomic mass is 32.2. The maximum atomic E-state index is 12.0. The van der Waals surface area contributed by atoms with Crippen LogP contribution in [0.25, 0.3) is 0 Å². The van der Waals surface area contributed by atoms with Crippen LogP contribution in [-0.4, -0.2) is 32.0 Å². The topological polar surface area (TPSA) is 58.2 Å². The van der Waals surface area contributed by atoms with Crippen LogP contribution in [0.4, 0.5) is 5.69 Å². The summed E-state index contributed by atoms with van der Waals surface area (Å²) >= 11 is 1.99. The summed E-state index contributed by atoms with van der Waals surface area (Å²) in [4.78, 5) is 0.316. The van der Waals surface area contributed by atoms with Crippen LogP contribution in [0.3, 0.4) is 0 Å². The molecule has 0 unspecified atom stereocenters. The first kappa shape index (κ1) is 15.7. The minimum atomic E-state index is -3.39. The number of hydrogen-bond acceptors (Lipinski definition) is 4. The summed E-state index contributed by atoms with van der Waals surface area (Å²) < 4.78 is 26.6. The van der Waals surface area contributed by atoms with Crippen LogP contribution in [-0.2, 0) is 10.0 Å². The fourth-order valence-corrected chi connectivity index (χ4v) is 4.54. The third-order valence-electron chi connectivity index (χ3n) is 3.15. The summed E-state index contributed by atoms with van der Waals surface area (Å²) in [6.45, 7) is 3.63. The molecule has 0 bridgehead atoms. The van der Waals surface area contributed by atoms with Crippen molar-refractivity contribution in [1.82, 2.24) is 4.72 Å². The largest absolute Gasteiger partial charge is 0.382 e. The molecule has 1 fully saturated rings. The molecule has 1 saturated heterocycles. The summed E-state index contributed by atoms with van der Waals surface area (Å²) in [6, 6.07) is 7.41. The van der Waals surface area contributed by atoms with Gasteiger partial charge in [-0.3, -0.25) is 0 Å². The zero-order chi connectivity index (χ0) is 14.6. The van der Waals surface area contributed by atoms with Crippen molar-refractivity contribution < 1.29 is 8.42 Å². The molecule has 0 saturated carbocycles. The van der Waals surface area contributed by atoms with Gasteiger partial charge in [0.15, 0.2) is 0 Å². The number of benzene rings is 1. The van der Waals surface area contributed by atoms with E-state index in [4.69, 9.17) is 0 Å². The Hall–Kier alpha value is -0.720. The summed E-state index contributed by atoms with van der Waals surface area (Å²) in [5.74, 6) is 2.39. The molecule has 1 heterocycles. The number of rotatable bonds is 5. The molecule has 1 aromatic carbocycles. The molecule has 0 aliphatic carbocycles. The Labute approximate surface area is 125 Å². The zero-order valence-electron chi connectivity index (χ0n) is 11.9. The summed E-state index contributed by atoms with van der Waals surface area (Å²) in [7, 11) is -3.39. The average Bonchev–Trinajstić information content (AvgIpc) is 2.39. The van der Waals surface area contributed by atoms with E-state index in [9.17, 15) is 8.42 Å². The molecule has 0 aromatic heterocycles. The second-order valence-electron chi connectivity index (χ2n) is 5.33. The number of nitrogens with one attached hydrogen (secondary N) is 2. The van der Waals surface area contributed by atoms with Crippen LogP contribution in [0, 0.1) is 0 Å². The molecular weight excluding hydrogens is 292 g/mol. The predicted molar refractivity (Wildman–Crippen MR) is 85.9 cm³/mol. The van der Waals surface area contributed by atoms with E-state index in [2.05, 4.69) is 10.0 Å². The van der Waals surface area contributed by atoms with Gasteiger partial charge in [0.1, 0.15) is 0 Å². The summed E-state index contributed by atoms with van der Waals surface area (Å²) in [5, 5.41) is 3.47. The Morgan fingerprint density at radius 3 is 2.30 bits per heavy atom. The van der Waals surface area contributed by atoms with Crippen LogP contribution in [0.1, 0.15) is 26.7 Å². The Kier molecular flexibility index (Phi) is 5.35. The smallest absolute Gasteiger partial charge is 0.240 e. The SMILES string of the molecule is CC(C)NS(=O)(=O)c1ccc(NC2CCSCC2)cc1. The molecular formula is C14H22N2O2S2. The monoisotopic (exact) mass is 314 g/mol. The number of sulfonamides is 1. The lowest BCUT2D eigenvalue weighted by atomic mass is 10.1. The summed E-state index contributed by atoms with van der Waals surface area (Å²) in [5.41, 5.74) is 0.991. The lowest BCUT2D eigenvalue weighted by molar-refractivity contribution is 0.570. The van der Waals surface area contributed by atoms with Gasteiger partial charge < -0.3 is 5.32 Å². The van der Waals surface area contributed by atoms with Crippen molar-refractivity contribution in [3.05, 3.63) is 24.3 Å². The van der Waals surface area contributed by atoms with E-state index >= 15 is 0 Å². The Morgan fingerprint density at radius 1 is 1.15 bits per heavy atom. The zero-order valence-corrected chi connectivity index (χ0v) is 13.6. The molecule has 20 heavy (non-hydrogen) atoms. The molecule has 1 aliphatic heterocycles. The van der Waals surface area contributed by atoms with E-state index in [1.54, 1.807) is 12.1 Å². The minimum Gasteiger partial charge on any atom is -0.382 e. The quantitative estimate of drug-likeness (QED) is 0.877. The second kappa shape index (κ2) is 6.83. The van der Waals surface area contributed by atoms with Crippen LogP contribution < -0.4 is 10.0 Å². The highest BCUT2D eigenvalue weighted by molar-refractivity contribution is 7.99. The van der Waals surface area contributed by atoms with Crippen LogP contribution in [0.2, 0.25) is 0 Å². The number of hydrogen-bond donors (Lipinski definition) is 2. The summed E-state index contributed by atoms with van der Waals surface area (Å²) in [6.07, 6.45) is 2.33. The van der Waals surface area contributed by atoms with Crippen LogP contribution in [0.5, 0.6) is 0 Å². The van der Waals surface area contributed by atoms with E-state index in [0.29, 0.717) is 10.9 Å². The van der Waals surface area contributed by atoms with Crippen molar-refractivity contribution in [3.63, 3.8) is 0 Å². The molecule has 1 aliphatic rings. The van der Waals surface area contributed by atoms with Crippen molar-refractivity contribution >= 4 is 27.5 Å². The highest BCUT2D eigenvalue weighted by Gasteiger charge is 2.16. The van der Waals surface area contributed by atoms with E-state index in [-0.39, 0.29) is 6.04 Å². The standard InChI is InChI=1S/C14H22N2O2S2/c1-11(2)16-20(17,18)14-5-3-12(4-6-14)15-13-7-9-19-10-8-13/h3-6,11,13,15-16H,7-10H2,1-2H3. The molecule has 0 atom stereocenters. The van der Waals surface area contributed by atoms with Gasteiger partial charge in [-0.15, -0.1) is 0 Å². The number of thioether (sulfide) groups is 1. The lowest BCUT2D eigenvalue weighted by Crippen LogP contribution is -2.30. The second-order valence-corrected chi connectivity index (χ2v) is 8.27. The number of anilines is 1. The Bertz CT molecular complexity index is 521. The first-order valence-corrected chi connectivity index (χ1v) is 9.58. The van der Waals surface area contributed by atoms with Gasteiger partial charge in [0.05, 0.1) is 4.90 Å². The predicted octanol–water partition coefficient (Wildman–Crippen LogP) is 2.68. The molecule has 0 radical (unpaired) electrons. The fraction of sp³-hybridized carbons (Fsp3) is 0.571. The molecule has 6 heteroatoms. The molecule has 4 nitrogen and oxygen atoms in total. The molecule has 0 spiro atoms. The van der Waals surface area contributed by atoms with E-state index in [0.717, 1.165) is 5.69 Å². The van der Waals surface area contributed by atoms with Gasteiger partial charge in [0.25, 0.3) is 0 Å². The third kappa shape index (κ3) is 4.40. The molecule has 2 N–H and O–H groups in total. The maximum Gasteiger partial charge on any atom is 0.240 e. The third-order valence-corrected chi connectivity index (χ3v) is 5.87. The highest BCUT2D eigenvalue weighted by Crippen LogP contribution is 2.22. The van der Waals surface area contributed by atoms with Crippen molar-refractivity contribution in [2.45, 2.75) is 43.7 Å². The molecule has 1 aromatic rings. The van der Waals surface area contributed by atoms with E-state index in [1.807, 2.05) is 37.7 Å². The fourth-order valence-electron chi connectivity index (χ4n) is 2.19. The van der Waals surface area contributed by atoms with Crippen LogP contribution >= 0.6 is 11.8 Å². The van der Waals surface area contributed by atoms with Gasteiger partial charge in [-0.2, -0.15) is 11.8 Å². The van der Waals surface area contributed by atoms with E-state index in [1.165, 1.54) is 24.3 Å². The van der Waals surface area contributed by atoms with Gasteiger partial charge in [-0.1, -0.05) is 0 Å². The first-order valence-electron chi connectivity index (χ1n) is 6.94. The van der Waals surface area contributed by atoms with Gasteiger partial charge in [-0.25, -0.2) is 13.1 Å². The Morgan fingerprint density at radius 2 is 1.75 bits per heavy atom. The van der Waals surface area contributed by atoms with Crippen molar-refractivity contribution in [3.8, 4) is 0 Å². The van der Waals surface area contributed by atoms with Crippen molar-refractivity contribution in [2.75, 3.05) is 16.8 Å². The Balaban J connectivity index is 2.02. The first-order chi connectivity index (χ1) is 9.47. The van der Waals surface area contributed by atoms with Gasteiger partial charge >= 0.3 is 0 Å². The van der Waals surface area contributed by atoms with Crippen molar-refractivity contribution in [2.24, 2.45) is 0 Å². The molecule has 2 rings (SSSR count). The van der Waals surface area contributed by atoms with Crippen LogP contribution in [0.15, 0.2) is 29.2 Å². The van der Waals surface area contributed by atoms with Gasteiger partial charge in [0, 0.05) is 17.8 Å². The van der Waals surface area contributed by atoms with Gasteiger partial charge in [-0.05, 0) is 62.5 Å². The maximum absolute atomic E-state index is 12.0. The molecule has 0 amide bonds. The van der Waals surface area contributed by atoms with Crippen molar-refractivity contribution in [1.29, 1.82) is 0 Å². The lowest BCUT2D eigenvalue weighted by Gasteiger charge is -2.23. The van der Waals surface area contributed by atoms with E-state index < -0.39 is 10.0 Å². The normalized spacial score (nSPS) is 17.4. The average molecular weight is 314 g/mol. The van der Waals surface area contributed by atoms with Gasteiger partial charge in [0.2, 0.25) is 10.0 Å².